The molecule has 0 amide bonds. The van der Waals surface area contributed by atoms with Crippen LogP contribution in [0.2, 0.25) is 0 Å². The smallest absolute Gasteiger partial charge is 0.0849 e. The van der Waals surface area contributed by atoms with Crippen LogP contribution < -0.4 is 0 Å². The van der Waals surface area contributed by atoms with E-state index < -0.39 is 10.8 Å². The number of benzene rings is 2. The van der Waals surface area contributed by atoms with Crippen LogP contribution in [0.1, 0.15) is 37.7 Å². The van der Waals surface area contributed by atoms with E-state index in [1.807, 2.05) is 42.5 Å². The summed E-state index contributed by atoms with van der Waals surface area (Å²) < 4.78 is 12.6. The molecule has 0 bridgehead atoms. The summed E-state index contributed by atoms with van der Waals surface area (Å²) in [6, 6.07) is 18.9. The minimum absolute atomic E-state index is 0.841. The van der Waals surface area contributed by atoms with Crippen LogP contribution in [-0.2, 0) is 17.3 Å². The van der Waals surface area contributed by atoms with Gasteiger partial charge < -0.3 is 0 Å². The van der Waals surface area contributed by atoms with Gasteiger partial charge in [-0.25, -0.2) is 4.21 Å². The number of hydrogen-bond donors (Lipinski definition) is 0. The molecule has 1 saturated carbocycles. The molecule has 144 valence electrons. The van der Waals surface area contributed by atoms with E-state index in [1.54, 1.807) is 0 Å². The topological polar surface area (TPSA) is 23.6 Å². The average molecular weight is 383 g/mol. The van der Waals surface area contributed by atoms with Crippen molar-refractivity contribution in [2.45, 2.75) is 54.5 Å². The standard InChI is InChI=1S/C23H30N2OS/c26-27(22-9-5-2-6-10-22)23-13-11-20(12-14-23)19-24-15-17-25(18-16-24)21-7-3-1-4-8-21/h2,5-6,9-14,21H,1,3-4,7-8,15-19H2. The van der Waals surface area contributed by atoms with Gasteiger partial charge in [-0.05, 0) is 42.7 Å². The van der Waals surface area contributed by atoms with Gasteiger partial charge in [0.2, 0.25) is 0 Å². The van der Waals surface area contributed by atoms with Gasteiger partial charge in [-0.2, -0.15) is 0 Å². The highest BCUT2D eigenvalue weighted by Crippen LogP contribution is 2.24. The molecule has 1 aliphatic heterocycles. The molecule has 4 heteroatoms. The fraction of sp³-hybridized carbons (Fsp3) is 0.478. The van der Waals surface area contributed by atoms with Gasteiger partial charge in [0, 0.05) is 48.6 Å². The third-order valence-electron chi connectivity index (χ3n) is 6.00. The summed E-state index contributed by atoms with van der Waals surface area (Å²) in [6.45, 7) is 5.74. The van der Waals surface area contributed by atoms with Gasteiger partial charge in [-0.1, -0.05) is 49.6 Å². The second-order valence-electron chi connectivity index (χ2n) is 7.83. The summed E-state index contributed by atoms with van der Waals surface area (Å²) in [4.78, 5) is 7.03. The number of nitrogens with zero attached hydrogens (tertiary/aromatic N) is 2. The second-order valence-corrected chi connectivity index (χ2v) is 9.31. The molecule has 0 N–H and O–H groups in total. The molecular weight excluding hydrogens is 352 g/mol. The Morgan fingerprint density at radius 3 is 2.07 bits per heavy atom. The lowest BCUT2D eigenvalue weighted by Crippen LogP contribution is -2.50. The van der Waals surface area contributed by atoms with Crippen LogP contribution in [-0.4, -0.2) is 46.2 Å². The molecule has 2 aromatic carbocycles. The van der Waals surface area contributed by atoms with Crippen LogP contribution in [0.15, 0.2) is 64.4 Å². The molecule has 3 nitrogen and oxygen atoms in total. The summed E-state index contributed by atoms with van der Waals surface area (Å²) in [7, 11) is -1.09. The van der Waals surface area contributed by atoms with Crippen molar-refractivity contribution >= 4 is 10.8 Å². The summed E-state index contributed by atoms with van der Waals surface area (Å²) in [5.41, 5.74) is 1.31. The Labute approximate surface area is 165 Å². The quantitative estimate of drug-likeness (QED) is 0.770. The van der Waals surface area contributed by atoms with Crippen molar-refractivity contribution in [1.29, 1.82) is 0 Å². The molecule has 2 aromatic rings. The predicted octanol–water partition coefficient (Wildman–Crippen LogP) is 4.30. The fourth-order valence-corrected chi connectivity index (χ4v) is 5.45. The van der Waals surface area contributed by atoms with E-state index >= 15 is 0 Å². The van der Waals surface area contributed by atoms with Crippen molar-refractivity contribution in [2.75, 3.05) is 26.2 Å². The van der Waals surface area contributed by atoms with Crippen molar-refractivity contribution in [3.05, 3.63) is 60.2 Å². The zero-order valence-corrected chi connectivity index (χ0v) is 16.9. The molecule has 1 saturated heterocycles. The fourth-order valence-electron chi connectivity index (χ4n) is 4.39. The molecule has 4 rings (SSSR count). The predicted molar refractivity (Wildman–Crippen MR) is 111 cm³/mol. The highest BCUT2D eigenvalue weighted by molar-refractivity contribution is 7.85. The van der Waals surface area contributed by atoms with Crippen LogP contribution >= 0.6 is 0 Å². The van der Waals surface area contributed by atoms with E-state index in [2.05, 4.69) is 21.9 Å². The molecular formula is C23H30N2OS. The Balaban J connectivity index is 1.30. The van der Waals surface area contributed by atoms with Crippen molar-refractivity contribution < 1.29 is 4.21 Å². The van der Waals surface area contributed by atoms with E-state index in [-0.39, 0.29) is 0 Å². The molecule has 1 atom stereocenters. The number of piperazine rings is 1. The summed E-state index contributed by atoms with van der Waals surface area (Å²) >= 11 is 0. The largest absolute Gasteiger partial charge is 0.298 e. The van der Waals surface area contributed by atoms with E-state index in [0.29, 0.717) is 0 Å². The minimum Gasteiger partial charge on any atom is -0.298 e. The Kier molecular flexibility index (Phi) is 6.38. The van der Waals surface area contributed by atoms with Crippen molar-refractivity contribution in [1.82, 2.24) is 9.80 Å². The van der Waals surface area contributed by atoms with Crippen molar-refractivity contribution in [3.63, 3.8) is 0 Å². The van der Waals surface area contributed by atoms with Gasteiger partial charge in [0.1, 0.15) is 0 Å². The Morgan fingerprint density at radius 2 is 1.41 bits per heavy atom. The van der Waals surface area contributed by atoms with Gasteiger partial charge in [0.15, 0.2) is 0 Å². The normalized spacial score (nSPS) is 21.2. The summed E-state index contributed by atoms with van der Waals surface area (Å²) in [6.07, 6.45) is 7.07. The first kappa shape index (κ1) is 18.9. The first-order valence-electron chi connectivity index (χ1n) is 10.3. The van der Waals surface area contributed by atoms with E-state index in [9.17, 15) is 4.21 Å². The van der Waals surface area contributed by atoms with Crippen LogP contribution in [0.25, 0.3) is 0 Å². The summed E-state index contributed by atoms with van der Waals surface area (Å²) in [5.74, 6) is 0. The van der Waals surface area contributed by atoms with Gasteiger partial charge in [-0.15, -0.1) is 0 Å². The van der Waals surface area contributed by atoms with Gasteiger partial charge in [-0.3, -0.25) is 9.80 Å². The minimum atomic E-state index is -1.09. The van der Waals surface area contributed by atoms with Crippen molar-refractivity contribution in [3.8, 4) is 0 Å². The Bertz CT molecular complexity index is 733. The van der Waals surface area contributed by atoms with Crippen LogP contribution in [0.3, 0.4) is 0 Å². The van der Waals surface area contributed by atoms with Crippen molar-refractivity contribution in [2.24, 2.45) is 0 Å². The lowest BCUT2D eigenvalue weighted by molar-refractivity contribution is 0.0755. The molecule has 0 spiro atoms. The maximum Gasteiger partial charge on any atom is 0.0849 e. The zero-order chi connectivity index (χ0) is 18.5. The molecule has 1 heterocycles. The van der Waals surface area contributed by atoms with E-state index in [1.165, 1.54) is 50.8 Å². The van der Waals surface area contributed by atoms with Crippen LogP contribution in [0, 0.1) is 0 Å². The SMILES string of the molecule is O=S(c1ccccc1)c1ccc(CN2CCN(C3CCCCC3)CC2)cc1. The Hall–Kier alpha value is -1.49. The van der Waals surface area contributed by atoms with Crippen LogP contribution in [0.4, 0.5) is 0 Å². The molecule has 2 fully saturated rings. The lowest BCUT2D eigenvalue weighted by atomic mass is 9.94. The van der Waals surface area contributed by atoms with E-state index in [0.717, 1.165) is 35.5 Å². The number of hydrogen-bond acceptors (Lipinski definition) is 3. The van der Waals surface area contributed by atoms with Gasteiger partial charge in [0.25, 0.3) is 0 Å². The third kappa shape index (κ3) is 4.87. The average Bonchev–Trinajstić information content (AvgIpc) is 2.76. The molecule has 1 unspecified atom stereocenters. The Morgan fingerprint density at radius 1 is 0.778 bits per heavy atom. The maximum atomic E-state index is 12.6. The maximum absolute atomic E-state index is 12.6. The first-order chi connectivity index (χ1) is 13.3. The molecule has 2 aliphatic rings. The monoisotopic (exact) mass is 382 g/mol. The summed E-state index contributed by atoms with van der Waals surface area (Å²) in [5, 5.41) is 0. The first-order valence-corrected chi connectivity index (χ1v) is 11.5. The van der Waals surface area contributed by atoms with Gasteiger partial charge >= 0.3 is 0 Å². The molecule has 27 heavy (non-hydrogen) atoms. The zero-order valence-electron chi connectivity index (χ0n) is 16.1. The van der Waals surface area contributed by atoms with Gasteiger partial charge in [0.05, 0.1) is 10.8 Å². The molecule has 0 radical (unpaired) electrons. The second kappa shape index (κ2) is 9.13. The molecule has 1 aliphatic carbocycles. The number of rotatable bonds is 5. The molecule has 0 aromatic heterocycles. The highest BCUT2D eigenvalue weighted by Gasteiger charge is 2.25. The van der Waals surface area contributed by atoms with E-state index in [4.69, 9.17) is 0 Å². The van der Waals surface area contributed by atoms with Crippen LogP contribution in [0.5, 0.6) is 0 Å². The highest BCUT2D eigenvalue weighted by atomic mass is 32.2. The third-order valence-corrected chi connectivity index (χ3v) is 7.40. The lowest BCUT2D eigenvalue weighted by Gasteiger charge is -2.40.